The molecule has 0 radical (unpaired) electrons. The van der Waals surface area contributed by atoms with Gasteiger partial charge in [-0.15, -0.1) is 5.10 Å². The Morgan fingerprint density at radius 3 is 2.54 bits per heavy atom. The number of benzene rings is 2. The molecule has 0 saturated carbocycles. The molecule has 35 heavy (non-hydrogen) atoms. The van der Waals surface area contributed by atoms with Gasteiger partial charge >= 0.3 is 5.97 Å². The second kappa shape index (κ2) is 12.0. The maximum atomic E-state index is 11.6. The summed E-state index contributed by atoms with van der Waals surface area (Å²) in [4.78, 5) is 16.0. The standard InChI is InChI=1S/C26H31N7O2/c1-2-3-4-5-8-21(26(34)35)15-16-24-27-18-33(30-24)17-19-11-13-20(14-12-19)22-9-6-7-10-23(22)25-28-31-32-29-25/h6-7,9-14,18,21H,2-5,8,15-17H2,1H3,(H,34,35)(H,28,29,31,32). The van der Waals surface area contributed by atoms with E-state index >= 15 is 0 Å². The molecule has 2 aromatic heterocycles. The van der Waals surface area contributed by atoms with Gasteiger partial charge in [-0.05, 0) is 40.0 Å². The number of carboxylic acid groups (broad SMARTS) is 1. The molecular formula is C26H31N7O2. The molecule has 0 spiro atoms. The van der Waals surface area contributed by atoms with Crippen LogP contribution in [0.1, 0.15) is 56.8 Å². The molecule has 0 amide bonds. The average molecular weight is 474 g/mol. The van der Waals surface area contributed by atoms with Gasteiger partial charge in [-0.25, -0.2) is 14.8 Å². The van der Waals surface area contributed by atoms with Crippen molar-refractivity contribution in [3.63, 3.8) is 0 Å². The number of aryl methyl sites for hydroxylation is 1. The minimum absolute atomic E-state index is 0.332. The van der Waals surface area contributed by atoms with Crippen molar-refractivity contribution in [2.45, 2.75) is 58.4 Å². The monoisotopic (exact) mass is 473 g/mol. The Morgan fingerprint density at radius 2 is 1.83 bits per heavy atom. The number of tetrazole rings is 1. The first kappa shape index (κ1) is 24.3. The van der Waals surface area contributed by atoms with Gasteiger partial charge in [0.1, 0.15) is 6.33 Å². The summed E-state index contributed by atoms with van der Waals surface area (Å²) in [5.74, 6) is 0.270. The molecule has 4 aromatic rings. The third kappa shape index (κ3) is 6.59. The van der Waals surface area contributed by atoms with E-state index in [9.17, 15) is 9.90 Å². The number of aromatic amines is 1. The fourth-order valence-electron chi connectivity index (χ4n) is 4.23. The SMILES string of the molecule is CCCCCCC(CCc1ncn(Cc2ccc(-c3ccccc3-c3nnn[nH]3)cc2)n1)C(=O)O. The number of hydrogen-bond donors (Lipinski definition) is 2. The molecule has 9 nitrogen and oxygen atoms in total. The lowest BCUT2D eigenvalue weighted by Crippen LogP contribution is -2.15. The highest BCUT2D eigenvalue weighted by molar-refractivity contribution is 5.80. The van der Waals surface area contributed by atoms with Crippen molar-refractivity contribution in [1.82, 2.24) is 35.4 Å². The van der Waals surface area contributed by atoms with Gasteiger partial charge in [0.2, 0.25) is 0 Å². The predicted octanol–water partition coefficient (Wildman–Crippen LogP) is 4.78. The summed E-state index contributed by atoms with van der Waals surface area (Å²) in [6.07, 6.45) is 7.94. The first-order chi connectivity index (χ1) is 17.1. The van der Waals surface area contributed by atoms with Gasteiger partial charge in [-0.1, -0.05) is 81.1 Å². The van der Waals surface area contributed by atoms with Crippen LogP contribution in [-0.4, -0.2) is 46.5 Å². The normalized spacial score (nSPS) is 12.0. The van der Waals surface area contributed by atoms with E-state index in [-0.39, 0.29) is 5.92 Å². The Morgan fingerprint density at radius 1 is 1.03 bits per heavy atom. The molecule has 0 aliphatic heterocycles. The van der Waals surface area contributed by atoms with Crippen molar-refractivity contribution in [1.29, 1.82) is 0 Å². The first-order valence-corrected chi connectivity index (χ1v) is 12.2. The summed E-state index contributed by atoms with van der Waals surface area (Å²) < 4.78 is 1.80. The summed E-state index contributed by atoms with van der Waals surface area (Å²) in [7, 11) is 0. The van der Waals surface area contributed by atoms with Gasteiger partial charge in [0.15, 0.2) is 11.6 Å². The van der Waals surface area contributed by atoms with Crippen molar-refractivity contribution >= 4 is 5.97 Å². The highest BCUT2D eigenvalue weighted by Crippen LogP contribution is 2.29. The van der Waals surface area contributed by atoms with E-state index in [1.54, 1.807) is 11.0 Å². The number of aromatic nitrogens is 7. The number of hydrogen-bond acceptors (Lipinski definition) is 6. The van der Waals surface area contributed by atoms with Crippen LogP contribution in [-0.2, 0) is 17.8 Å². The fraction of sp³-hybridized carbons (Fsp3) is 0.385. The van der Waals surface area contributed by atoms with Crippen LogP contribution < -0.4 is 0 Å². The third-order valence-electron chi connectivity index (χ3n) is 6.19. The number of carbonyl (C=O) groups is 1. The van der Waals surface area contributed by atoms with Gasteiger partial charge in [0.25, 0.3) is 0 Å². The van der Waals surface area contributed by atoms with E-state index in [2.05, 4.69) is 61.9 Å². The molecule has 2 aromatic carbocycles. The van der Waals surface area contributed by atoms with Gasteiger partial charge in [0.05, 0.1) is 12.5 Å². The molecule has 2 heterocycles. The highest BCUT2D eigenvalue weighted by atomic mass is 16.4. The zero-order valence-corrected chi connectivity index (χ0v) is 20.0. The molecular weight excluding hydrogens is 442 g/mol. The first-order valence-electron chi connectivity index (χ1n) is 12.2. The molecule has 0 aliphatic carbocycles. The number of carboxylic acids is 1. The van der Waals surface area contributed by atoms with Crippen LogP contribution in [0.2, 0.25) is 0 Å². The highest BCUT2D eigenvalue weighted by Gasteiger charge is 2.18. The van der Waals surface area contributed by atoms with E-state index in [1.807, 2.05) is 24.3 Å². The predicted molar refractivity (Wildman–Crippen MR) is 132 cm³/mol. The Bertz CT molecular complexity index is 1200. The lowest BCUT2D eigenvalue weighted by molar-refractivity contribution is -0.142. The largest absolute Gasteiger partial charge is 0.481 e. The number of unbranched alkanes of at least 4 members (excludes halogenated alkanes) is 3. The van der Waals surface area contributed by atoms with Crippen LogP contribution in [0, 0.1) is 5.92 Å². The van der Waals surface area contributed by atoms with Crippen LogP contribution in [0.25, 0.3) is 22.5 Å². The molecule has 1 atom stereocenters. The van der Waals surface area contributed by atoms with Gasteiger partial charge in [-0.3, -0.25) is 4.79 Å². The minimum Gasteiger partial charge on any atom is -0.481 e. The van der Waals surface area contributed by atoms with E-state index in [0.29, 0.717) is 31.0 Å². The second-order valence-corrected chi connectivity index (χ2v) is 8.77. The van der Waals surface area contributed by atoms with Crippen molar-refractivity contribution in [2.75, 3.05) is 0 Å². The Labute approximate surface area is 204 Å². The van der Waals surface area contributed by atoms with Gasteiger partial charge < -0.3 is 5.11 Å². The maximum Gasteiger partial charge on any atom is 0.306 e. The Hall–Kier alpha value is -3.88. The molecule has 2 N–H and O–H groups in total. The van der Waals surface area contributed by atoms with Gasteiger partial charge in [0, 0.05) is 12.0 Å². The van der Waals surface area contributed by atoms with Crippen molar-refractivity contribution in [3.05, 3.63) is 66.2 Å². The quantitative estimate of drug-likeness (QED) is 0.268. The number of nitrogens with zero attached hydrogens (tertiary/aromatic N) is 6. The summed E-state index contributed by atoms with van der Waals surface area (Å²) in [6.45, 7) is 2.75. The average Bonchev–Trinajstić information content (AvgIpc) is 3.56. The van der Waals surface area contributed by atoms with E-state index in [1.165, 1.54) is 0 Å². The van der Waals surface area contributed by atoms with Crippen LogP contribution in [0.3, 0.4) is 0 Å². The van der Waals surface area contributed by atoms with Crippen LogP contribution >= 0.6 is 0 Å². The number of rotatable bonds is 13. The third-order valence-corrected chi connectivity index (χ3v) is 6.19. The van der Waals surface area contributed by atoms with Crippen molar-refractivity contribution < 1.29 is 9.90 Å². The smallest absolute Gasteiger partial charge is 0.306 e. The molecule has 182 valence electrons. The second-order valence-electron chi connectivity index (χ2n) is 8.77. The van der Waals surface area contributed by atoms with Crippen LogP contribution in [0.5, 0.6) is 0 Å². The molecule has 9 heteroatoms. The van der Waals surface area contributed by atoms with E-state index in [0.717, 1.165) is 54.4 Å². The summed E-state index contributed by atoms with van der Waals surface area (Å²) in [6, 6.07) is 16.3. The Balaban J connectivity index is 1.35. The molecule has 0 aliphatic rings. The topological polar surface area (TPSA) is 122 Å². The Kier molecular flexibility index (Phi) is 8.32. The fourth-order valence-corrected chi connectivity index (χ4v) is 4.23. The maximum absolute atomic E-state index is 11.6. The zero-order chi connectivity index (χ0) is 24.5. The summed E-state index contributed by atoms with van der Waals surface area (Å²) in [5.41, 5.74) is 4.15. The summed E-state index contributed by atoms with van der Waals surface area (Å²) >= 11 is 0. The molecule has 0 saturated heterocycles. The number of aliphatic carboxylic acids is 1. The van der Waals surface area contributed by atoms with E-state index < -0.39 is 5.97 Å². The minimum atomic E-state index is -0.720. The lowest BCUT2D eigenvalue weighted by atomic mass is 9.96. The molecule has 1 unspecified atom stereocenters. The van der Waals surface area contributed by atoms with Crippen molar-refractivity contribution in [3.8, 4) is 22.5 Å². The molecule has 4 rings (SSSR count). The molecule has 0 fully saturated rings. The van der Waals surface area contributed by atoms with Crippen LogP contribution in [0.4, 0.5) is 0 Å². The van der Waals surface area contributed by atoms with E-state index in [4.69, 9.17) is 0 Å². The van der Waals surface area contributed by atoms with Gasteiger partial charge in [-0.2, -0.15) is 5.10 Å². The number of nitrogens with one attached hydrogen (secondary N) is 1. The zero-order valence-electron chi connectivity index (χ0n) is 20.0. The van der Waals surface area contributed by atoms with Crippen molar-refractivity contribution in [2.24, 2.45) is 5.92 Å². The lowest BCUT2D eigenvalue weighted by Gasteiger charge is -2.10. The van der Waals surface area contributed by atoms with Crippen LogP contribution in [0.15, 0.2) is 54.9 Å². The molecule has 0 bridgehead atoms. The summed E-state index contributed by atoms with van der Waals surface area (Å²) in [5, 5.41) is 28.3. The number of H-pyrrole nitrogens is 1.